The normalized spacial score (nSPS) is 22.4. The Morgan fingerprint density at radius 1 is 0.543 bits per heavy atom. The summed E-state index contributed by atoms with van der Waals surface area (Å²) in [6, 6.07) is 25.2. The van der Waals surface area contributed by atoms with E-state index in [9.17, 15) is 10.2 Å². The molecule has 0 aromatic heterocycles. The molecule has 3 aliphatic rings. The van der Waals surface area contributed by atoms with E-state index >= 15 is 0 Å². The zero-order valence-corrected chi connectivity index (χ0v) is 26.5. The Bertz CT molecular complexity index is 2120. The summed E-state index contributed by atoms with van der Waals surface area (Å²) in [6.07, 6.45) is -1.77. The van der Waals surface area contributed by atoms with Gasteiger partial charge in [-0.15, -0.1) is 0 Å². The lowest BCUT2D eigenvalue weighted by Gasteiger charge is -2.49. The molecule has 2 aliphatic heterocycles. The molecule has 8 nitrogen and oxygen atoms in total. The molecule has 1 aliphatic carbocycles. The summed E-state index contributed by atoms with van der Waals surface area (Å²) in [4.78, 5) is 8.94. The lowest BCUT2D eigenvalue weighted by molar-refractivity contribution is -0.0770. The molecular formula is C38H38N6O2. The van der Waals surface area contributed by atoms with Crippen LogP contribution in [-0.2, 0) is 0 Å². The zero-order chi connectivity index (χ0) is 31.8. The Kier molecular flexibility index (Phi) is 5.55. The number of rotatable bonds is 2. The number of nitrogens with zero attached hydrogens (tertiary/aromatic N) is 4. The second-order valence-corrected chi connectivity index (χ2v) is 13.6. The summed E-state index contributed by atoms with van der Waals surface area (Å²) in [7, 11) is 8.37. The van der Waals surface area contributed by atoms with Crippen molar-refractivity contribution in [2.45, 2.75) is 24.0 Å². The van der Waals surface area contributed by atoms with Gasteiger partial charge in [-0.05, 0) is 56.9 Å². The van der Waals surface area contributed by atoms with Crippen molar-refractivity contribution in [2.24, 2.45) is 0 Å². The number of anilines is 6. The van der Waals surface area contributed by atoms with Crippen LogP contribution in [0.15, 0.2) is 72.8 Å². The number of aliphatic hydroxyl groups excluding tert-OH is 2. The van der Waals surface area contributed by atoms with Crippen molar-refractivity contribution in [3.8, 4) is 0 Å². The molecule has 0 radical (unpaired) electrons. The van der Waals surface area contributed by atoms with Gasteiger partial charge in [-0.3, -0.25) is 0 Å². The molecule has 8 heteroatoms. The molecule has 0 saturated heterocycles. The van der Waals surface area contributed by atoms with Gasteiger partial charge in [0.05, 0.1) is 36.9 Å². The van der Waals surface area contributed by atoms with E-state index < -0.39 is 24.0 Å². The number of nitrogens with two attached hydrogens (primary N) is 2. The van der Waals surface area contributed by atoms with Crippen LogP contribution in [0.4, 0.5) is 34.1 Å². The van der Waals surface area contributed by atoms with Gasteiger partial charge in [-0.1, -0.05) is 48.5 Å². The molecule has 0 amide bonds. The molecule has 46 heavy (non-hydrogen) atoms. The van der Waals surface area contributed by atoms with Crippen molar-refractivity contribution < 1.29 is 10.2 Å². The molecule has 1 saturated carbocycles. The Labute approximate surface area is 267 Å². The first-order chi connectivity index (χ1) is 22.2. The van der Waals surface area contributed by atoms with Gasteiger partial charge in [0, 0.05) is 84.3 Å². The zero-order valence-electron chi connectivity index (χ0n) is 26.5. The predicted octanol–water partition coefficient (Wildman–Crippen LogP) is 5.75. The molecule has 0 spiro atoms. The van der Waals surface area contributed by atoms with Gasteiger partial charge >= 0.3 is 0 Å². The lowest BCUT2D eigenvalue weighted by atomic mass is 9.61. The van der Waals surface area contributed by atoms with Crippen LogP contribution in [0.1, 0.15) is 23.0 Å². The van der Waals surface area contributed by atoms with Crippen molar-refractivity contribution >= 4 is 77.2 Å². The quantitative estimate of drug-likeness (QED) is 0.145. The van der Waals surface area contributed by atoms with E-state index in [2.05, 4.69) is 96.3 Å². The Morgan fingerprint density at radius 3 is 1.35 bits per heavy atom. The highest BCUT2D eigenvalue weighted by Crippen LogP contribution is 2.58. The van der Waals surface area contributed by atoms with Gasteiger partial charge in [0.25, 0.3) is 0 Å². The molecule has 0 atom stereocenters. The van der Waals surface area contributed by atoms with Gasteiger partial charge in [0.15, 0.2) is 0 Å². The molecule has 6 aromatic carbocycles. The first-order valence-electron chi connectivity index (χ1n) is 15.9. The van der Waals surface area contributed by atoms with E-state index in [4.69, 9.17) is 11.5 Å². The SMILES string of the molecule is CN1CN(C)c2c3ccccc3cc3c(C4C(O)C(c5c(N)cc6c7c(c8ccccc8cc57)N(C)CN6C)C4O)c(N)cc1c23. The first kappa shape index (κ1) is 27.4. The number of hydrogen-bond donors (Lipinski definition) is 4. The van der Waals surface area contributed by atoms with Gasteiger partial charge in [-0.25, -0.2) is 0 Å². The summed E-state index contributed by atoms with van der Waals surface area (Å²) >= 11 is 0. The van der Waals surface area contributed by atoms with Crippen LogP contribution >= 0.6 is 0 Å². The fourth-order valence-corrected chi connectivity index (χ4v) is 8.96. The fourth-order valence-electron chi connectivity index (χ4n) is 8.96. The summed E-state index contributed by atoms with van der Waals surface area (Å²) < 4.78 is 0. The number of fused-ring (bicyclic) bond motifs is 4. The molecule has 6 N–H and O–H groups in total. The number of nitrogen functional groups attached to an aromatic ring is 2. The van der Waals surface area contributed by atoms with Crippen molar-refractivity contribution in [3.05, 3.63) is 83.9 Å². The van der Waals surface area contributed by atoms with Gasteiger partial charge in [0.1, 0.15) is 0 Å². The van der Waals surface area contributed by atoms with Crippen molar-refractivity contribution in [1.82, 2.24) is 0 Å². The van der Waals surface area contributed by atoms with E-state index in [1.54, 1.807) is 0 Å². The molecule has 0 bridgehead atoms. The van der Waals surface area contributed by atoms with E-state index in [1.165, 1.54) is 10.8 Å². The minimum absolute atomic E-state index is 0.571. The van der Waals surface area contributed by atoms with E-state index in [0.717, 1.165) is 79.5 Å². The largest absolute Gasteiger partial charge is 0.398 e. The first-order valence-corrected chi connectivity index (χ1v) is 15.9. The third-order valence-corrected chi connectivity index (χ3v) is 10.9. The van der Waals surface area contributed by atoms with Crippen LogP contribution in [0.5, 0.6) is 0 Å². The van der Waals surface area contributed by atoms with Crippen LogP contribution in [-0.4, -0.2) is 63.9 Å². The predicted molar refractivity (Wildman–Crippen MR) is 193 cm³/mol. The molecule has 9 rings (SSSR count). The van der Waals surface area contributed by atoms with Gasteiger partial charge < -0.3 is 41.3 Å². The highest BCUT2D eigenvalue weighted by Gasteiger charge is 2.53. The molecule has 6 aromatic rings. The van der Waals surface area contributed by atoms with Crippen LogP contribution in [0.25, 0.3) is 43.1 Å². The lowest BCUT2D eigenvalue weighted by Crippen LogP contribution is -2.52. The van der Waals surface area contributed by atoms with E-state index in [1.807, 2.05) is 24.3 Å². The maximum atomic E-state index is 12.2. The standard InChI is InChI=1S/C38H38N6O2/c1-41-17-43(3)35-21-11-7-5-9-19(21)13-23-29(25(39)15-27(41)31(23)35)33-37(45)34(38(33)46)30-24-14-20-10-6-8-12-22(20)36-32(24)28(16-26(30)40)42(2)18-44(36)4/h5-16,33-34,37-38,45-46H,17-18,39-40H2,1-4H3. The fraction of sp³-hybridized carbons (Fsp3) is 0.263. The van der Waals surface area contributed by atoms with Gasteiger partial charge in [0.2, 0.25) is 0 Å². The number of hydrogen-bond acceptors (Lipinski definition) is 8. The topological polar surface area (TPSA) is 105 Å². The summed E-state index contributed by atoms with van der Waals surface area (Å²) in [5.74, 6) is -1.14. The highest BCUT2D eigenvalue weighted by molar-refractivity contribution is 6.20. The average Bonchev–Trinajstić information content (AvgIpc) is 3.03. The second kappa shape index (κ2) is 9.31. The van der Waals surface area contributed by atoms with E-state index in [0.29, 0.717) is 11.4 Å². The van der Waals surface area contributed by atoms with Gasteiger partial charge in [-0.2, -0.15) is 0 Å². The molecule has 232 valence electrons. The van der Waals surface area contributed by atoms with Crippen molar-refractivity contribution in [3.63, 3.8) is 0 Å². The third-order valence-electron chi connectivity index (χ3n) is 10.9. The molecule has 0 unspecified atom stereocenters. The molecule has 1 fully saturated rings. The minimum atomic E-state index is -0.885. The summed E-state index contributed by atoms with van der Waals surface area (Å²) in [5.41, 5.74) is 20.9. The Morgan fingerprint density at radius 2 is 0.935 bits per heavy atom. The third kappa shape index (κ3) is 3.40. The monoisotopic (exact) mass is 610 g/mol. The minimum Gasteiger partial charge on any atom is -0.398 e. The summed E-state index contributed by atoms with van der Waals surface area (Å²) in [5, 5.41) is 33.0. The van der Waals surface area contributed by atoms with Crippen molar-refractivity contribution in [2.75, 3.05) is 72.6 Å². The smallest absolute Gasteiger partial charge is 0.0897 e. The Balaban J connectivity index is 1.26. The molecular weight excluding hydrogens is 572 g/mol. The van der Waals surface area contributed by atoms with Crippen LogP contribution in [0.3, 0.4) is 0 Å². The Hall–Kier alpha value is -4.92. The van der Waals surface area contributed by atoms with Crippen molar-refractivity contribution in [1.29, 1.82) is 0 Å². The van der Waals surface area contributed by atoms with E-state index in [-0.39, 0.29) is 0 Å². The number of benzene rings is 6. The van der Waals surface area contributed by atoms with Crippen LogP contribution < -0.4 is 31.1 Å². The maximum absolute atomic E-state index is 12.2. The van der Waals surface area contributed by atoms with Crippen LogP contribution in [0.2, 0.25) is 0 Å². The highest BCUT2D eigenvalue weighted by atomic mass is 16.3. The molecule has 2 heterocycles. The maximum Gasteiger partial charge on any atom is 0.0897 e. The van der Waals surface area contributed by atoms with Crippen LogP contribution in [0, 0.1) is 0 Å². The number of aliphatic hydroxyl groups is 2. The average molecular weight is 611 g/mol. The second-order valence-electron chi connectivity index (χ2n) is 13.6. The summed E-state index contributed by atoms with van der Waals surface area (Å²) in [6.45, 7) is 1.46.